The number of benzene rings is 1. The maximum Gasteiger partial charge on any atom is 0.248 e. The first-order valence-electron chi connectivity index (χ1n) is 8.84. The summed E-state index contributed by atoms with van der Waals surface area (Å²) in [5.41, 5.74) is 1.85. The van der Waals surface area contributed by atoms with Gasteiger partial charge in [0.2, 0.25) is 5.91 Å². The zero-order valence-electron chi connectivity index (χ0n) is 14.6. The van der Waals surface area contributed by atoms with Gasteiger partial charge in [0.1, 0.15) is 23.4 Å². The molecule has 5 rings (SSSR count). The number of imidazole rings is 1. The number of hydrogen-bond acceptors (Lipinski definition) is 4. The van der Waals surface area contributed by atoms with E-state index in [1.54, 1.807) is 35.0 Å². The third-order valence-corrected chi connectivity index (χ3v) is 5.73. The minimum Gasteiger partial charge on any atom is -0.333 e. The van der Waals surface area contributed by atoms with E-state index in [1.807, 2.05) is 16.0 Å². The van der Waals surface area contributed by atoms with Gasteiger partial charge in [0.15, 0.2) is 10.7 Å². The van der Waals surface area contributed by atoms with Crippen LogP contribution in [-0.2, 0) is 4.79 Å². The van der Waals surface area contributed by atoms with Crippen molar-refractivity contribution in [3.8, 4) is 11.3 Å². The van der Waals surface area contributed by atoms with Crippen LogP contribution in [0.2, 0.25) is 0 Å². The zero-order chi connectivity index (χ0) is 19.3. The lowest BCUT2D eigenvalue weighted by molar-refractivity contribution is -0.119. The molecular weight excluding hydrogens is 379 g/mol. The van der Waals surface area contributed by atoms with E-state index in [0.29, 0.717) is 35.6 Å². The first-order chi connectivity index (χ1) is 13.6. The number of carbonyl (C=O) groups excluding carboxylic acids is 2. The Bertz CT molecular complexity index is 1200. The van der Waals surface area contributed by atoms with Gasteiger partial charge in [0.05, 0.1) is 5.69 Å². The van der Waals surface area contributed by atoms with E-state index in [2.05, 4.69) is 10.3 Å². The van der Waals surface area contributed by atoms with E-state index < -0.39 is 6.04 Å². The summed E-state index contributed by atoms with van der Waals surface area (Å²) in [6.45, 7) is 0. The van der Waals surface area contributed by atoms with Crippen LogP contribution in [0.5, 0.6) is 0 Å². The second kappa shape index (κ2) is 6.42. The van der Waals surface area contributed by atoms with Gasteiger partial charge in [-0.2, -0.15) is 0 Å². The molecule has 1 unspecified atom stereocenters. The number of fused-ring (bicyclic) bond motifs is 2. The third-order valence-electron chi connectivity index (χ3n) is 4.97. The Morgan fingerprint density at radius 2 is 2.04 bits per heavy atom. The van der Waals surface area contributed by atoms with Crippen molar-refractivity contribution in [1.82, 2.24) is 14.0 Å². The van der Waals surface area contributed by atoms with Crippen LogP contribution in [0.25, 0.3) is 16.2 Å². The van der Waals surface area contributed by atoms with Crippen molar-refractivity contribution >= 4 is 33.8 Å². The molecular formula is C20H15FN4O2S. The highest BCUT2D eigenvalue weighted by Gasteiger charge is 2.30. The van der Waals surface area contributed by atoms with E-state index in [4.69, 9.17) is 0 Å². The van der Waals surface area contributed by atoms with Crippen LogP contribution in [0, 0.1) is 5.82 Å². The van der Waals surface area contributed by atoms with Crippen LogP contribution < -0.4 is 5.32 Å². The second-order valence-electron chi connectivity index (χ2n) is 6.64. The number of hydrogen-bond donors (Lipinski definition) is 1. The standard InChI is InChI=1S/C20H15FN4O2S/c21-13-5-3-12(4-6-13)17-18(25-10-11-28-20(25)22-17)23-19(27)15-7-8-16(26)14-2-1-9-24(14)15/h1-6,9-11,15H,7-8H2,(H,23,27). The number of aromatic nitrogens is 3. The largest absolute Gasteiger partial charge is 0.333 e. The molecule has 0 radical (unpaired) electrons. The normalized spacial score (nSPS) is 16.3. The molecule has 1 aliphatic rings. The number of nitrogens with one attached hydrogen (secondary N) is 1. The molecule has 3 aromatic heterocycles. The third kappa shape index (κ3) is 2.65. The number of rotatable bonds is 3. The lowest BCUT2D eigenvalue weighted by Gasteiger charge is -2.24. The van der Waals surface area contributed by atoms with Crippen molar-refractivity contribution in [1.29, 1.82) is 0 Å². The predicted molar refractivity (Wildman–Crippen MR) is 104 cm³/mol. The molecule has 0 saturated carbocycles. The van der Waals surface area contributed by atoms with Crippen molar-refractivity contribution in [3.63, 3.8) is 0 Å². The molecule has 1 N–H and O–H groups in total. The summed E-state index contributed by atoms with van der Waals surface area (Å²) in [6, 6.07) is 9.07. The van der Waals surface area contributed by atoms with Gasteiger partial charge >= 0.3 is 0 Å². The number of amides is 1. The molecule has 6 nitrogen and oxygen atoms in total. The molecule has 0 saturated heterocycles. The Hall–Kier alpha value is -3.26. The minimum absolute atomic E-state index is 0.0469. The molecule has 8 heteroatoms. The van der Waals surface area contributed by atoms with Crippen molar-refractivity contribution in [3.05, 3.63) is 65.7 Å². The maximum atomic E-state index is 13.3. The predicted octanol–water partition coefficient (Wildman–Crippen LogP) is 4.16. The van der Waals surface area contributed by atoms with E-state index in [0.717, 1.165) is 4.96 Å². The van der Waals surface area contributed by atoms with Gasteiger partial charge in [-0.05, 0) is 42.8 Å². The van der Waals surface area contributed by atoms with Crippen molar-refractivity contribution in [2.45, 2.75) is 18.9 Å². The highest BCUT2D eigenvalue weighted by Crippen LogP contribution is 2.33. The molecule has 4 heterocycles. The number of nitrogens with zero attached hydrogens (tertiary/aromatic N) is 3. The fourth-order valence-electron chi connectivity index (χ4n) is 3.61. The first-order valence-corrected chi connectivity index (χ1v) is 9.72. The molecule has 28 heavy (non-hydrogen) atoms. The van der Waals surface area contributed by atoms with Crippen LogP contribution in [-0.4, -0.2) is 25.6 Å². The summed E-state index contributed by atoms with van der Waals surface area (Å²) in [5.74, 6) is 0.0489. The van der Waals surface area contributed by atoms with Crippen LogP contribution in [0.15, 0.2) is 54.2 Å². The summed E-state index contributed by atoms with van der Waals surface area (Å²) in [6.07, 6.45) is 4.38. The molecule has 1 aromatic carbocycles. The fraction of sp³-hybridized carbons (Fsp3) is 0.150. The summed E-state index contributed by atoms with van der Waals surface area (Å²) >= 11 is 1.45. The van der Waals surface area contributed by atoms with Gasteiger partial charge in [-0.25, -0.2) is 9.37 Å². The number of thiazole rings is 1. The molecule has 140 valence electrons. The number of halogens is 1. The summed E-state index contributed by atoms with van der Waals surface area (Å²) in [7, 11) is 0. The quantitative estimate of drug-likeness (QED) is 0.567. The number of carbonyl (C=O) groups is 2. The van der Waals surface area contributed by atoms with Crippen LogP contribution in [0.1, 0.15) is 29.4 Å². The Balaban J connectivity index is 1.53. The molecule has 0 bridgehead atoms. The average Bonchev–Trinajstić information content (AvgIpc) is 3.40. The molecule has 1 atom stereocenters. The summed E-state index contributed by atoms with van der Waals surface area (Å²) in [5, 5.41) is 4.87. The lowest BCUT2D eigenvalue weighted by Crippen LogP contribution is -2.31. The molecule has 0 aliphatic carbocycles. The van der Waals surface area contributed by atoms with E-state index in [9.17, 15) is 14.0 Å². The van der Waals surface area contributed by atoms with Gasteiger partial charge in [-0.3, -0.25) is 14.0 Å². The van der Waals surface area contributed by atoms with Gasteiger partial charge in [0, 0.05) is 29.8 Å². The van der Waals surface area contributed by atoms with Crippen LogP contribution >= 0.6 is 11.3 Å². The molecule has 1 aliphatic heterocycles. The van der Waals surface area contributed by atoms with Crippen molar-refractivity contribution in [2.75, 3.05) is 5.32 Å². The second-order valence-corrected chi connectivity index (χ2v) is 7.51. The summed E-state index contributed by atoms with van der Waals surface area (Å²) < 4.78 is 16.9. The first kappa shape index (κ1) is 16.9. The monoisotopic (exact) mass is 394 g/mol. The highest BCUT2D eigenvalue weighted by atomic mass is 32.1. The maximum absolute atomic E-state index is 13.3. The minimum atomic E-state index is -0.465. The Labute approximate surface area is 163 Å². The zero-order valence-corrected chi connectivity index (χ0v) is 15.4. The lowest BCUT2D eigenvalue weighted by atomic mass is 10.0. The van der Waals surface area contributed by atoms with E-state index in [1.165, 1.54) is 23.5 Å². The van der Waals surface area contributed by atoms with E-state index >= 15 is 0 Å². The number of ketones is 1. The molecule has 4 aromatic rings. The molecule has 0 fully saturated rings. The van der Waals surface area contributed by atoms with Crippen molar-refractivity contribution < 1.29 is 14.0 Å². The van der Waals surface area contributed by atoms with Crippen LogP contribution in [0.4, 0.5) is 10.2 Å². The van der Waals surface area contributed by atoms with Gasteiger partial charge in [-0.15, -0.1) is 11.3 Å². The smallest absolute Gasteiger partial charge is 0.248 e. The molecule has 1 amide bonds. The number of Topliss-reactive ketones (excluding diaryl/α,β-unsaturated/α-hetero) is 1. The molecule has 0 spiro atoms. The van der Waals surface area contributed by atoms with Crippen molar-refractivity contribution in [2.24, 2.45) is 0 Å². The Kier molecular flexibility index (Phi) is 3.87. The van der Waals surface area contributed by atoms with Gasteiger partial charge in [0.25, 0.3) is 0 Å². The van der Waals surface area contributed by atoms with Gasteiger partial charge in [-0.1, -0.05) is 0 Å². The number of anilines is 1. The fourth-order valence-corrected chi connectivity index (χ4v) is 4.32. The summed E-state index contributed by atoms with van der Waals surface area (Å²) in [4.78, 5) is 30.5. The highest BCUT2D eigenvalue weighted by molar-refractivity contribution is 7.15. The van der Waals surface area contributed by atoms with Crippen LogP contribution in [0.3, 0.4) is 0 Å². The SMILES string of the molecule is O=C1CCC(C(=O)Nc2c(-c3ccc(F)cc3)nc3sccn23)n2cccc21. The average molecular weight is 394 g/mol. The van der Waals surface area contributed by atoms with E-state index in [-0.39, 0.29) is 17.5 Å². The Morgan fingerprint density at radius 3 is 2.86 bits per heavy atom. The van der Waals surface area contributed by atoms with Gasteiger partial charge < -0.3 is 9.88 Å². The Morgan fingerprint density at radius 1 is 1.21 bits per heavy atom. The topological polar surface area (TPSA) is 68.4 Å².